The quantitative estimate of drug-likeness (QED) is 0.673. The number of halogens is 1. The van der Waals surface area contributed by atoms with Crippen LogP contribution in [-0.4, -0.2) is 57.6 Å². The van der Waals surface area contributed by atoms with E-state index in [0.717, 1.165) is 0 Å². The summed E-state index contributed by atoms with van der Waals surface area (Å²) >= 11 is 0. The van der Waals surface area contributed by atoms with E-state index in [1.54, 1.807) is 18.1 Å². The molecule has 4 rings (SSSR count). The van der Waals surface area contributed by atoms with E-state index in [0.29, 0.717) is 50.1 Å². The van der Waals surface area contributed by atoms with Crippen molar-refractivity contribution in [3.05, 3.63) is 51.5 Å². The molecule has 0 unspecified atom stereocenters. The smallest absolute Gasteiger partial charge is 0.296 e. The van der Waals surface area contributed by atoms with Crippen LogP contribution in [0.2, 0.25) is 0 Å². The van der Waals surface area contributed by atoms with Gasteiger partial charge in [-0.05, 0) is 50.7 Å². The van der Waals surface area contributed by atoms with E-state index in [2.05, 4.69) is 4.98 Å². The topological polar surface area (TPSA) is 111 Å². The van der Waals surface area contributed by atoms with Crippen molar-refractivity contribution < 1.29 is 28.6 Å². The summed E-state index contributed by atoms with van der Waals surface area (Å²) in [7, 11) is 1.55. The first-order valence-corrected chi connectivity index (χ1v) is 12.4. The summed E-state index contributed by atoms with van der Waals surface area (Å²) in [4.78, 5) is 45.8. The fraction of sp³-hybridized carbons (Fsp3) is 0.538. The highest BCUT2D eigenvalue weighted by Crippen LogP contribution is 2.31. The van der Waals surface area contributed by atoms with Crippen molar-refractivity contribution >= 4 is 11.7 Å². The lowest BCUT2D eigenvalue weighted by Gasteiger charge is -2.31. The van der Waals surface area contributed by atoms with Gasteiger partial charge in [0, 0.05) is 32.6 Å². The van der Waals surface area contributed by atoms with Gasteiger partial charge in [0.05, 0.1) is 25.3 Å². The van der Waals surface area contributed by atoms with Crippen LogP contribution >= 0.6 is 0 Å². The van der Waals surface area contributed by atoms with Crippen molar-refractivity contribution in [3.8, 4) is 11.5 Å². The van der Waals surface area contributed by atoms with Gasteiger partial charge in [0.1, 0.15) is 17.4 Å². The second-order valence-electron chi connectivity index (χ2n) is 9.19. The van der Waals surface area contributed by atoms with E-state index in [1.807, 2.05) is 6.92 Å². The second kappa shape index (κ2) is 11.2. The van der Waals surface area contributed by atoms with Gasteiger partial charge < -0.3 is 19.5 Å². The van der Waals surface area contributed by atoms with Crippen LogP contribution < -0.4 is 10.3 Å². The Labute approximate surface area is 208 Å². The summed E-state index contributed by atoms with van der Waals surface area (Å²) in [5.74, 6) is -1.17. The molecule has 10 heteroatoms. The van der Waals surface area contributed by atoms with Gasteiger partial charge >= 0.3 is 0 Å². The second-order valence-corrected chi connectivity index (χ2v) is 9.19. The number of hydrogen-bond donors (Lipinski definition) is 1. The maximum atomic E-state index is 13.8. The maximum Gasteiger partial charge on any atom is 0.296 e. The molecule has 0 radical (unpaired) electrons. The number of carbonyl (C=O) groups excluding carboxylic acids is 2. The van der Waals surface area contributed by atoms with Crippen LogP contribution in [0.3, 0.4) is 0 Å². The maximum absolute atomic E-state index is 13.8. The van der Waals surface area contributed by atoms with Crippen LogP contribution in [-0.2, 0) is 22.5 Å². The number of nitrogens with zero attached hydrogens (tertiary/aromatic N) is 3. The number of hydrogen-bond acceptors (Lipinski definition) is 7. The molecule has 1 aromatic carbocycles. The van der Waals surface area contributed by atoms with Crippen LogP contribution in [0.25, 0.3) is 0 Å². The van der Waals surface area contributed by atoms with Crippen molar-refractivity contribution in [2.24, 2.45) is 0 Å². The van der Waals surface area contributed by atoms with Crippen LogP contribution in [0.1, 0.15) is 73.4 Å². The number of carbonyl (C=O) groups is 2. The van der Waals surface area contributed by atoms with Crippen molar-refractivity contribution in [2.45, 2.75) is 70.6 Å². The summed E-state index contributed by atoms with van der Waals surface area (Å²) in [6.07, 6.45) is 2.39. The summed E-state index contributed by atoms with van der Waals surface area (Å²) in [5.41, 5.74) is -0.406. The molecule has 0 aliphatic carbocycles. The normalized spacial score (nSPS) is 21.5. The Balaban J connectivity index is 1.80. The Bertz CT molecular complexity index is 1200. The minimum Gasteiger partial charge on any atom is -0.501 e. The van der Waals surface area contributed by atoms with Gasteiger partial charge in [-0.25, -0.2) is 9.37 Å². The minimum atomic E-state index is -0.729. The molecule has 1 aromatic heterocycles. The first-order chi connectivity index (χ1) is 17.3. The highest BCUT2D eigenvalue weighted by Gasteiger charge is 2.34. The molecule has 1 N–H and O–H groups in total. The minimum absolute atomic E-state index is 0.0623. The Hall–Kier alpha value is -3.27. The average molecular weight is 502 g/mol. The number of ether oxygens (including phenoxy) is 2. The molecular formula is C26H32FN3O6. The predicted octanol–water partition coefficient (Wildman–Crippen LogP) is 3.16. The Morgan fingerprint density at radius 3 is 2.72 bits per heavy atom. The van der Waals surface area contributed by atoms with E-state index in [-0.39, 0.29) is 49.3 Å². The summed E-state index contributed by atoms with van der Waals surface area (Å²) in [5, 5.41) is 10.7. The van der Waals surface area contributed by atoms with Crippen LogP contribution in [0.15, 0.2) is 23.0 Å². The fourth-order valence-corrected chi connectivity index (χ4v) is 4.95. The number of ketones is 1. The number of aryl methyl sites for hydroxylation is 1. The number of aromatic nitrogens is 2. The third-order valence-corrected chi connectivity index (χ3v) is 6.95. The molecule has 9 nitrogen and oxygen atoms in total. The number of methoxy groups -OCH3 is 1. The largest absolute Gasteiger partial charge is 0.501 e. The van der Waals surface area contributed by atoms with Gasteiger partial charge in [-0.3, -0.25) is 19.0 Å². The number of fused-ring (bicyclic) bond motifs is 2. The van der Waals surface area contributed by atoms with E-state index in [4.69, 9.17) is 9.47 Å². The molecule has 194 valence electrons. The summed E-state index contributed by atoms with van der Waals surface area (Å²) < 4.78 is 26.5. The molecule has 0 saturated heterocycles. The molecule has 2 aliphatic rings. The first kappa shape index (κ1) is 25.8. The van der Waals surface area contributed by atoms with Gasteiger partial charge in [0.15, 0.2) is 11.5 Å². The van der Waals surface area contributed by atoms with Gasteiger partial charge in [-0.15, -0.1) is 0 Å². The van der Waals surface area contributed by atoms with Crippen molar-refractivity contribution in [2.75, 3.05) is 20.3 Å². The molecule has 36 heavy (non-hydrogen) atoms. The van der Waals surface area contributed by atoms with Crippen molar-refractivity contribution in [3.63, 3.8) is 0 Å². The average Bonchev–Trinajstić information content (AvgIpc) is 3.05. The highest BCUT2D eigenvalue weighted by molar-refractivity contribution is 5.96. The number of Topliss-reactive ketones (excluding diaryl/α,β-unsaturated/α-hetero) is 1. The molecule has 1 amide bonds. The lowest BCUT2D eigenvalue weighted by atomic mass is 10.0. The third kappa shape index (κ3) is 5.28. The van der Waals surface area contributed by atoms with E-state index in [9.17, 15) is 23.9 Å². The molecule has 2 aliphatic heterocycles. The summed E-state index contributed by atoms with van der Waals surface area (Å²) in [6.45, 7) is 2.73. The number of rotatable bonds is 2. The highest BCUT2D eigenvalue weighted by atomic mass is 19.1. The zero-order valence-corrected chi connectivity index (χ0v) is 20.7. The Morgan fingerprint density at radius 2 is 1.97 bits per heavy atom. The molecule has 0 saturated carbocycles. The standard InChI is InChI=1S/C26H32FN3O6/c1-3-29-19-11-10-18(35-2)15-30-25(19)28-23(24(33)26(30)34)20(31)12-8-16-7-9-17(27)14-21(16)36-13-5-4-6-22(29)32/h7,9,14,18-19,33H,3-6,8,10-13,15H2,1-2H3/t18-,19+/m0/s1. The monoisotopic (exact) mass is 501 g/mol. The van der Waals surface area contributed by atoms with Crippen molar-refractivity contribution in [1.29, 1.82) is 0 Å². The van der Waals surface area contributed by atoms with Gasteiger partial charge in [0.2, 0.25) is 11.7 Å². The molecule has 0 fully saturated rings. The van der Waals surface area contributed by atoms with Gasteiger partial charge in [0.25, 0.3) is 5.56 Å². The zero-order chi connectivity index (χ0) is 25.8. The lowest BCUT2D eigenvalue weighted by Crippen LogP contribution is -2.38. The van der Waals surface area contributed by atoms with Crippen LogP contribution in [0, 0.1) is 5.82 Å². The molecular weight excluding hydrogens is 469 g/mol. The van der Waals surface area contributed by atoms with Gasteiger partial charge in [-0.1, -0.05) is 6.07 Å². The third-order valence-electron chi connectivity index (χ3n) is 6.95. The molecule has 2 atom stereocenters. The fourth-order valence-electron chi connectivity index (χ4n) is 4.95. The van der Waals surface area contributed by atoms with Crippen LogP contribution in [0.4, 0.5) is 4.39 Å². The molecule has 2 aromatic rings. The number of aromatic hydroxyl groups is 1. The van der Waals surface area contributed by atoms with E-state index in [1.165, 1.54) is 16.7 Å². The molecule has 2 bridgehead atoms. The van der Waals surface area contributed by atoms with Gasteiger partial charge in [-0.2, -0.15) is 0 Å². The van der Waals surface area contributed by atoms with Crippen molar-refractivity contribution in [1.82, 2.24) is 14.5 Å². The lowest BCUT2D eigenvalue weighted by molar-refractivity contribution is -0.134. The SMILES string of the molecule is CCN1C(=O)CCCCOc2cc(F)ccc2CCC(=O)c2nc3n(c(=O)c2O)C[C@@H](OC)CC[C@H]31. The Kier molecular flexibility index (Phi) is 8.03. The number of benzene rings is 1. The first-order valence-electron chi connectivity index (χ1n) is 12.4. The predicted molar refractivity (Wildman–Crippen MR) is 129 cm³/mol. The van der Waals surface area contributed by atoms with E-state index < -0.39 is 29.0 Å². The molecule has 3 heterocycles. The van der Waals surface area contributed by atoms with E-state index >= 15 is 0 Å². The Morgan fingerprint density at radius 1 is 1.17 bits per heavy atom. The number of amides is 1. The van der Waals surface area contributed by atoms with Crippen LogP contribution in [0.5, 0.6) is 11.5 Å². The summed E-state index contributed by atoms with van der Waals surface area (Å²) in [6, 6.07) is 3.60. The molecule has 0 spiro atoms. The zero-order valence-electron chi connectivity index (χ0n) is 20.7.